The first-order valence-electron chi connectivity index (χ1n) is 8.03. The molecule has 1 N–H and O–H groups in total. The van der Waals surface area contributed by atoms with Crippen LogP contribution in [0, 0.1) is 6.92 Å². The largest absolute Gasteiger partial charge is 0.351 e. The van der Waals surface area contributed by atoms with Crippen LogP contribution in [0.3, 0.4) is 0 Å². The summed E-state index contributed by atoms with van der Waals surface area (Å²) >= 11 is 6.21. The molecule has 1 aromatic carbocycles. The molecule has 23 heavy (non-hydrogen) atoms. The van der Waals surface area contributed by atoms with Crippen molar-refractivity contribution in [2.75, 3.05) is 0 Å². The van der Waals surface area contributed by atoms with E-state index in [1.165, 1.54) is 29.8 Å². The van der Waals surface area contributed by atoms with Crippen LogP contribution in [0.15, 0.2) is 37.1 Å². The molecule has 0 spiro atoms. The number of halogens is 1. The summed E-state index contributed by atoms with van der Waals surface area (Å²) in [6.45, 7) is 2.04. The van der Waals surface area contributed by atoms with Gasteiger partial charge in [-0.25, -0.2) is 9.97 Å². The lowest BCUT2D eigenvalue weighted by molar-refractivity contribution is 0.585. The quantitative estimate of drug-likeness (QED) is 0.788. The van der Waals surface area contributed by atoms with Crippen LogP contribution in [0.25, 0.3) is 0 Å². The minimum absolute atomic E-state index is 0.0339. The molecule has 1 atom stereocenters. The van der Waals surface area contributed by atoms with Crippen LogP contribution in [0.1, 0.15) is 47.1 Å². The lowest BCUT2D eigenvalue weighted by atomic mass is 9.98. The van der Waals surface area contributed by atoms with Gasteiger partial charge in [-0.1, -0.05) is 23.7 Å². The Labute approximate surface area is 140 Å². The summed E-state index contributed by atoms with van der Waals surface area (Å²) in [5, 5.41) is 0.794. The average Bonchev–Trinajstić information content (AvgIpc) is 3.22. The van der Waals surface area contributed by atoms with Crippen molar-refractivity contribution in [2.45, 2.75) is 38.6 Å². The SMILES string of the molecule is Cc1cc(C(c2c[nH]cn2)n2cnc3c2CCCC3)ccc1Cl. The number of hydrogen-bond acceptors (Lipinski definition) is 2. The van der Waals surface area contributed by atoms with Gasteiger partial charge in [-0.3, -0.25) is 0 Å². The van der Waals surface area contributed by atoms with Crippen molar-refractivity contribution in [1.82, 2.24) is 19.5 Å². The smallest absolute Gasteiger partial charge is 0.104 e. The standard InChI is InChI=1S/C18H19ClN4/c1-12-8-13(6-7-14(12)19)18(16-9-20-10-21-16)23-11-22-15-4-2-3-5-17(15)23/h6-11,18H,2-5H2,1H3,(H,20,21). The second-order valence-corrected chi connectivity index (χ2v) is 6.56. The molecule has 4 nitrogen and oxygen atoms in total. The molecule has 0 bridgehead atoms. The number of imidazole rings is 2. The van der Waals surface area contributed by atoms with Crippen LogP contribution >= 0.6 is 11.6 Å². The van der Waals surface area contributed by atoms with Gasteiger partial charge >= 0.3 is 0 Å². The highest BCUT2D eigenvalue weighted by atomic mass is 35.5. The van der Waals surface area contributed by atoms with Crippen molar-refractivity contribution in [3.63, 3.8) is 0 Å². The zero-order valence-corrected chi connectivity index (χ0v) is 13.8. The Hall–Kier alpha value is -2.07. The predicted molar refractivity (Wildman–Crippen MR) is 90.9 cm³/mol. The van der Waals surface area contributed by atoms with Crippen LogP contribution in [0.4, 0.5) is 0 Å². The third-order valence-electron chi connectivity index (χ3n) is 4.64. The lowest BCUT2D eigenvalue weighted by Gasteiger charge is -2.22. The van der Waals surface area contributed by atoms with Gasteiger partial charge in [0.05, 0.1) is 24.0 Å². The molecule has 0 aliphatic heterocycles. The van der Waals surface area contributed by atoms with Gasteiger partial charge in [0.2, 0.25) is 0 Å². The van der Waals surface area contributed by atoms with Crippen molar-refractivity contribution < 1.29 is 0 Å². The van der Waals surface area contributed by atoms with E-state index in [0.29, 0.717) is 0 Å². The summed E-state index contributed by atoms with van der Waals surface area (Å²) in [4.78, 5) is 12.2. The molecule has 2 aromatic heterocycles. The third-order valence-corrected chi connectivity index (χ3v) is 5.06. The van der Waals surface area contributed by atoms with E-state index in [2.05, 4.69) is 31.7 Å². The Morgan fingerprint density at radius 1 is 1.22 bits per heavy atom. The Morgan fingerprint density at radius 3 is 2.87 bits per heavy atom. The Balaban J connectivity index is 1.86. The number of aromatic nitrogens is 4. The second-order valence-electron chi connectivity index (χ2n) is 6.16. The fourth-order valence-corrected chi connectivity index (χ4v) is 3.57. The number of benzene rings is 1. The fourth-order valence-electron chi connectivity index (χ4n) is 3.45. The van der Waals surface area contributed by atoms with Gasteiger partial charge in [-0.05, 0) is 49.8 Å². The van der Waals surface area contributed by atoms with Crippen molar-refractivity contribution in [1.29, 1.82) is 0 Å². The summed E-state index contributed by atoms with van der Waals surface area (Å²) < 4.78 is 2.29. The van der Waals surface area contributed by atoms with E-state index in [9.17, 15) is 0 Å². The van der Waals surface area contributed by atoms with Gasteiger partial charge in [-0.2, -0.15) is 0 Å². The molecule has 118 valence electrons. The van der Waals surface area contributed by atoms with Crippen LogP contribution in [0.2, 0.25) is 5.02 Å². The molecule has 1 aliphatic carbocycles. The van der Waals surface area contributed by atoms with E-state index in [4.69, 9.17) is 11.6 Å². The molecule has 3 aromatic rings. The second kappa shape index (κ2) is 5.85. The summed E-state index contributed by atoms with van der Waals surface area (Å²) in [5.74, 6) is 0. The molecule has 1 aliphatic rings. The first kappa shape index (κ1) is 14.5. The van der Waals surface area contributed by atoms with Crippen LogP contribution in [0.5, 0.6) is 0 Å². The summed E-state index contributed by atoms with van der Waals surface area (Å²) in [5.41, 5.74) is 5.85. The van der Waals surface area contributed by atoms with Crippen molar-refractivity contribution in [2.24, 2.45) is 0 Å². The van der Waals surface area contributed by atoms with E-state index in [1.807, 2.05) is 25.5 Å². The number of hydrogen-bond donors (Lipinski definition) is 1. The molecule has 2 heterocycles. The molecule has 0 saturated carbocycles. The number of nitrogens with zero attached hydrogens (tertiary/aromatic N) is 3. The maximum absolute atomic E-state index is 6.21. The molecule has 5 heteroatoms. The molecule has 0 amide bonds. The Morgan fingerprint density at radius 2 is 2.09 bits per heavy atom. The molecule has 0 saturated heterocycles. The van der Waals surface area contributed by atoms with E-state index >= 15 is 0 Å². The highest BCUT2D eigenvalue weighted by molar-refractivity contribution is 6.31. The minimum Gasteiger partial charge on any atom is -0.351 e. The first-order valence-corrected chi connectivity index (χ1v) is 8.41. The molecule has 4 rings (SSSR count). The van der Waals surface area contributed by atoms with Gasteiger partial charge < -0.3 is 9.55 Å². The predicted octanol–water partition coefficient (Wildman–Crippen LogP) is 4.08. The number of aromatic amines is 1. The lowest BCUT2D eigenvalue weighted by Crippen LogP contribution is -2.17. The monoisotopic (exact) mass is 326 g/mol. The number of H-pyrrole nitrogens is 1. The number of nitrogens with one attached hydrogen (secondary N) is 1. The fraction of sp³-hybridized carbons (Fsp3) is 0.333. The van der Waals surface area contributed by atoms with E-state index in [-0.39, 0.29) is 6.04 Å². The third kappa shape index (κ3) is 2.57. The molecule has 0 radical (unpaired) electrons. The highest BCUT2D eigenvalue weighted by Gasteiger charge is 2.24. The molecule has 1 unspecified atom stereocenters. The Kier molecular flexibility index (Phi) is 3.69. The summed E-state index contributed by atoms with van der Waals surface area (Å²) in [6.07, 6.45) is 10.3. The number of rotatable bonds is 3. The maximum Gasteiger partial charge on any atom is 0.104 e. The van der Waals surface area contributed by atoms with Gasteiger partial charge in [-0.15, -0.1) is 0 Å². The normalized spacial score (nSPS) is 15.4. The first-order chi connectivity index (χ1) is 11.2. The van der Waals surface area contributed by atoms with Crippen LogP contribution in [-0.2, 0) is 12.8 Å². The zero-order valence-electron chi connectivity index (χ0n) is 13.1. The van der Waals surface area contributed by atoms with Gasteiger partial charge in [0.15, 0.2) is 0 Å². The van der Waals surface area contributed by atoms with E-state index in [0.717, 1.165) is 29.1 Å². The van der Waals surface area contributed by atoms with Crippen LogP contribution in [-0.4, -0.2) is 19.5 Å². The summed E-state index contributed by atoms with van der Waals surface area (Å²) in [6, 6.07) is 6.24. The van der Waals surface area contributed by atoms with Crippen LogP contribution < -0.4 is 0 Å². The zero-order chi connectivity index (χ0) is 15.8. The summed E-state index contributed by atoms with van der Waals surface area (Å²) in [7, 11) is 0. The van der Waals surface area contributed by atoms with E-state index < -0.39 is 0 Å². The van der Waals surface area contributed by atoms with Crippen molar-refractivity contribution in [3.05, 3.63) is 70.3 Å². The highest BCUT2D eigenvalue weighted by Crippen LogP contribution is 2.32. The topological polar surface area (TPSA) is 46.5 Å². The number of aryl methyl sites for hydroxylation is 2. The molecule has 0 fully saturated rings. The molecular weight excluding hydrogens is 308 g/mol. The van der Waals surface area contributed by atoms with Crippen molar-refractivity contribution in [3.8, 4) is 0 Å². The Bertz CT molecular complexity index is 820. The van der Waals surface area contributed by atoms with Crippen molar-refractivity contribution >= 4 is 11.6 Å². The van der Waals surface area contributed by atoms with Gasteiger partial charge in [0.1, 0.15) is 6.04 Å². The van der Waals surface area contributed by atoms with Gasteiger partial charge in [0.25, 0.3) is 0 Å². The van der Waals surface area contributed by atoms with Gasteiger partial charge in [0, 0.05) is 16.9 Å². The number of fused-ring (bicyclic) bond motifs is 1. The maximum atomic E-state index is 6.21. The minimum atomic E-state index is 0.0339. The van der Waals surface area contributed by atoms with E-state index in [1.54, 1.807) is 6.33 Å². The molecular formula is C18H19ClN4. The average molecular weight is 327 g/mol.